The standard InChI is InChI=1S/C13H15FN2O3/c1-13(5-2-6-15-13)12(19)16-10-4-3-8(11(17)18)7-9(10)14/h3-4,7,15H,2,5-6H2,1H3,(H,16,19)(H,17,18). The van der Waals surface area contributed by atoms with Crippen molar-refractivity contribution in [2.45, 2.75) is 25.3 Å². The molecule has 0 aromatic heterocycles. The first kappa shape index (κ1) is 13.5. The van der Waals surface area contributed by atoms with Crippen molar-refractivity contribution in [1.29, 1.82) is 0 Å². The fourth-order valence-electron chi connectivity index (χ4n) is 2.10. The lowest BCUT2D eigenvalue weighted by Gasteiger charge is -2.23. The highest BCUT2D eigenvalue weighted by Gasteiger charge is 2.36. The molecule has 0 aliphatic carbocycles. The summed E-state index contributed by atoms with van der Waals surface area (Å²) in [7, 11) is 0. The lowest BCUT2D eigenvalue weighted by atomic mass is 9.99. The molecule has 0 radical (unpaired) electrons. The largest absolute Gasteiger partial charge is 0.478 e. The summed E-state index contributed by atoms with van der Waals surface area (Å²) in [5.41, 5.74) is -0.858. The average molecular weight is 266 g/mol. The number of carbonyl (C=O) groups excluding carboxylic acids is 1. The van der Waals surface area contributed by atoms with E-state index in [1.54, 1.807) is 6.92 Å². The molecule has 102 valence electrons. The molecule has 2 rings (SSSR count). The van der Waals surface area contributed by atoms with Crippen LogP contribution < -0.4 is 10.6 Å². The fourth-order valence-corrected chi connectivity index (χ4v) is 2.10. The molecule has 6 heteroatoms. The summed E-state index contributed by atoms with van der Waals surface area (Å²) in [6.07, 6.45) is 1.58. The highest BCUT2D eigenvalue weighted by Crippen LogP contribution is 2.22. The molecule has 1 amide bonds. The predicted molar refractivity (Wildman–Crippen MR) is 67.6 cm³/mol. The first-order valence-corrected chi connectivity index (χ1v) is 6.02. The van der Waals surface area contributed by atoms with Gasteiger partial charge in [0.25, 0.3) is 0 Å². The van der Waals surface area contributed by atoms with Crippen molar-refractivity contribution in [3.63, 3.8) is 0 Å². The van der Waals surface area contributed by atoms with Crippen LogP contribution in [0.2, 0.25) is 0 Å². The second-order valence-corrected chi connectivity index (χ2v) is 4.82. The van der Waals surface area contributed by atoms with Gasteiger partial charge in [0.15, 0.2) is 0 Å². The number of aromatic carboxylic acids is 1. The number of carbonyl (C=O) groups is 2. The lowest BCUT2D eigenvalue weighted by Crippen LogP contribution is -2.48. The molecule has 1 aromatic rings. The molecule has 0 spiro atoms. The Morgan fingerprint density at radius 1 is 1.47 bits per heavy atom. The van der Waals surface area contributed by atoms with Gasteiger partial charge in [-0.15, -0.1) is 0 Å². The van der Waals surface area contributed by atoms with E-state index >= 15 is 0 Å². The van der Waals surface area contributed by atoms with E-state index in [1.807, 2.05) is 0 Å². The molecule has 1 aliphatic heterocycles. The first-order valence-electron chi connectivity index (χ1n) is 6.02. The van der Waals surface area contributed by atoms with Gasteiger partial charge in [-0.05, 0) is 44.5 Å². The minimum atomic E-state index is -1.21. The number of rotatable bonds is 3. The Hall–Kier alpha value is -1.95. The van der Waals surface area contributed by atoms with Crippen molar-refractivity contribution in [1.82, 2.24) is 5.32 Å². The number of amides is 1. The lowest BCUT2D eigenvalue weighted by molar-refractivity contribution is -0.121. The zero-order chi connectivity index (χ0) is 14.0. The van der Waals surface area contributed by atoms with Gasteiger partial charge >= 0.3 is 5.97 Å². The molecular formula is C13H15FN2O3. The van der Waals surface area contributed by atoms with Crippen LogP contribution in [0.3, 0.4) is 0 Å². The summed E-state index contributed by atoms with van der Waals surface area (Å²) in [6, 6.07) is 3.41. The minimum absolute atomic E-state index is 0.00933. The molecule has 1 fully saturated rings. The van der Waals surface area contributed by atoms with E-state index in [0.29, 0.717) is 6.42 Å². The molecule has 1 heterocycles. The van der Waals surface area contributed by atoms with E-state index < -0.39 is 17.3 Å². The van der Waals surface area contributed by atoms with E-state index in [0.717, 1.165) is 19.0 Å². The Morgan fingerprint density at radius 2 is 2.21 bits per heavy atom. The number of nitrogens with one attached hydrogen (secondary N) is 2. The summed E-state index contributed by atoms with van der Waals surface area (Å²) < 4.78 is 13.7. The van der Waals surface area contributed by atoms with Crippen LogP contribution in [0.1, 0.15) is 30.1 Å². The molecule has 19 heavy (non-hydrogen) atoms. The smallest absolute Gasteiger partial charge is 0.335 e. The van der Waals surface area contributed by atoms with Crippen LogP contribution >= 0.6 is 0 Å². The summed E-state index contributed by atoms with van der Waals surface area (Å²) in [5.74, 6) is -2.27. The number of anilines is 1. The SMILES string of the molecule is CC1(C(=O)Nc2ccc(C(=O)O)cc2F)CCCN1. The summed E-state index contributed by atoms with van der Waals surface area (Å²) >= 11 is 0. The third-order valence-electron chi connectivity index (χ3n) is 3.33. The number of carboxylic acid groups (broad SMARTS) is 1. The molecule has 1 unspecified atom stereocenters. The normalized spacial score (nSPS) is 22.2. The maximum absolute atomic E-state index is 13.7. The zero-order valence-corrected chi connectivity index (χ0v) is 10.5. The summed E-state index contributed by atoms with van der Waals surface area (Å²) in [4.78, 5) is 22.7. The van der Waals surface area contributed by atoms with Crippen molar-refractivity contribution in [2.24, 2.45) is 0 Å². The highest BCUT2D eigenvalue weighted by molar-refractivity contribution is 5.98. The van der Waals surface area contributed by atoms with Crippen LogP contribution in [-0.4, -0.2) is 29.1 Å². The van der Waals surface area contributed by atoms with Crippen molar-refractivity contribution >= 4 is 17.6 Å². The van der Waals surface area contributed by atoms with Crippen LogP contribution in [0, 0.1) is 5.82 Å². The molecule has 1 aliphatic rings. The topological polar surface area (TPSA) is 78.4 Å². The van der Waals surface area contributed by atoms with Crippen LogP contribution in [0.15, 0.2) is 18.2 Å². The number of carboxylic acids is 1. The summed E-state index contributed by atoms with van der Waals surface area (Å²) in [6.45, 7) is 2.52. The molecular weight excluding hydrogens is 251 g/mol. The third kappa shape index (κ3) is 2.73. The van der Waals surface area contributed by atoms with Crippen LogP contribution in [0.4, 0.5) is 10.1 Å². The second-order valence-electron chi connectivity index (χ2n) is 4.82. The third-order valence-corrected chi connectivity index (χ3v) is 3.33. The van der Waals surface area contributed by atoms with E-state index in [1.165, 1.54) is 12.1 Å². The van der Waals surface area contributed by atoms with Gasteiger partial charge in [0.1, 0.15) is 5.82 Å². The van der Waals surface area contributed by atoms with Gasteiger partial charge in [0.05, 0.1) is 16.8 Å². The van der Waals surface area contributed by atoms with E-state index in [-0.39, 0.29) is 17.2 Å². The van der Waals surface area contributed by atoms with Gasteiger partial charge < -0.3 is 15.7 Å². The molecule has 1 atom stereocenters. The van der Waals surface area contributed by atoms with Gasteiger partial charge in [-0.25, -0.2) is 9.18 Å². The zero-order valence-electron chi connectivity index (χ0n) is 10.5. The number of benzene rings is 1. The molecule has 1 saturated heterocycles. The molecule has 5 nitrogen and oxygen atoms in total. The first-order chi connectivity index (χ1) is 8.92. The summed E-state index contributed by atoms with van der Waals surface area (Å²) in [5, 5.41) is 14.3. The van der Waals surface area contributed by atoms with Gasteiger partial charge in [-0.1, -0.05) is 0 Å². The molecule has 0 bridgehead atoms. The molecule has 1 aromatic carbocycles. The molecule has 0 saturated carbocycles. The van der Waals surface area contributed by atoms with Gasteiger partial charge in [0, 0.05) is 0 Å². The molecule has 3 N–H and O–H groups in total. The van der Waals surface area contributed by atoms with Gasteiger partial charge in [-0.2, -0.15) is 0 Å². The Balaban J connectivity index is 2.15. The maximum Gasteiger partial charge on any atom is 0.335 e. The van der Waals surface area contributed by atoms with E-state index in [2.05, 4.69) is 10.6 Å². The van der Waals surface area contributed by atoms with E-state index in [9.17, 15) is 14.0 Å². The van der Waals surface area contributed by atoms with Crippen molar-refractivity contribution in [3.05, 3.63) is 29.6 Å². The van der Waals surface area contributed by atoms with Crippen molar-refractivity contribution in [2.75, 3.05) is 11.9 Å². The van der Waals surface area contributed by atoms with Gasteiger partial charge in [-0.3, -0.25) is 4.79 Å². The van der Waals surface area contributed by atoms with Crippen LogP contribution in [0.5, 0.6) is 0 Å². The monoisotopic (exact) mass is 266 g/mol. The fraction of sp³-hybridized carbons (Fsp3) is 0.385. The maximum atomic E-state index is 13.7. The van der Waals surface area contributed by atoms with Gasteiger partial charge in [0.2, 0.25) is 5.91 Å². The Kier molecular flexibility index (Phi) is 3.53. The number of hydrogen-bond acceptors (Lipinski definition) is 3. The quantitative estimate of drug-likeness (QED) is 0.776. The minimum Gasteiger partial charge on any atom is -0.478 e. The van der Waals surface area contributed by atoms with Crippen molar-refractivity contribution < 1.29 is 19.1 Å². The highest BCUT2D eigenvalue weighted by atomic mass is 19.1. The second kappa shape index (κ2) is 4.97. The predicted octanol–water partition coefficient (Wildman–Crippen LogP) is 1.60. The number of halogens is 1. The number of hydrogen-bond donors (Lipinski definition) is 3. The average Bonchev–Trinajstić information content (AvgIpc) is 2.80. The van der Waals surface area contributed by atoms with Crippen LogP contribution in [-0.2, 0) is 4.79 Å². The van der Waals surface area contributed by atoms with E-state index in [4.69, 9.17) is 5.11 Å². The van der Waals surface area contributed by atoms with Crippen LogP contribution in [0.25, 0.3) is 0 Å². The Morgan fingerprint density at radius 3 is 2.74 bits per heavy atom. The van der Waals surface area contributed by atoms with Crippen molar-refractivity contribution in [3.8, 4) is 0 Å². The Labute approximate surface area is 109 Å². The Bertz CT molecular complexity index is 525.